The molecular formula is C50H28F4N8. The summed E-state index contributed by atoms with van der Waals surface area (Å²) in [7, 11) is 0. The number of fused-ring (bicyclic) bond motifs is 6. The molecule has 0 N–H and O–H groups in total. The van der Waals surface area contributed by atoms with E-state index in [2.05, 4.69) is 39.5 Å². The quantitative estimate of drug-likeness (QED) is 0.163. The van der Waals surface area contributed by atoms with Gasteiger partial charge in [0.15, 0.2) is 11.6 Å². The Morgan fingerprint density at radius 3 is 0.774 bits per heavy atom. The summed E-state index contributed by atoms with van der Waals surface area (Å²) >= 11 is 0. The van der Waals surface area contributed by atoms with E-state index >= 15 is 0 Å². The van der Waals surface area contributed by atoms with Crippen molar-refractivity contribution >= 4 is 89.1 Å². The molecule has 0 atom stereocenters. The van der Waals surface area contributed by atoms with Crippen molar-refractivity contribution < 1.29 is 17.6 Å². The SMILES string of the molecule is Fc1cnc2cc(N3C(=C4N(c5ccc6cc(F)cnc6c5)c5ccccc5N4c4ccc5cc(F)cnc5c4)N(c4ccc5cc(F)cnc5c4)c4ccccc43)ccc2c1. The molecule has 0 radical (unpaired) electrons. The fraction of sp³-hybridized carbons (Fsp3) is 0. The zero-order valence-corrected chi connectivity index (χ0v) is 32.3. The van der Waals surface area contributed by atoms with Crippen LogP contribution < -0.4 is 19.6 Å². The van der Waals surface area contributed by atoms with Gasteiger partial charge in [0.2, 0.25) is 0 Å². The Hall–Kier alpha value is -8.38. The minimum absolute atomic E-state index is 0.439. The molecule has 0 saturated carbocycles. The number of para-hydroxylation sites is 4. The monoisotopic (exact) mass is 816 g/mol. The molecule has 62 heavy (non-hydrogen) atoms. The minimum atomic E-state index is -0.439. The molecule has 296 valence electrons. The van der Waals surface area contributed by atoms with E-state index in [1.54, 1.807) is 0 Å². The molecule has 2 aliphatic rings. The van der Waals surface area contributed by atoms with Crippen LogP contribution in [0.15, 0.2) is 182 Å². The highest BCUT2D eigenvalue weighted by Gasteiger charge is 2.44. The van der Waals surface area contributed by atoms with E-state index < -0.39 is 23.3 Å². The number of rotatable bonds is 4. The molecule has 2 aliphatic heterocycles. The number of anilines is 8. The van der Waals surface area contributed by atoms with Gasteiger partial charge in [-0.05, 0) is 97.1 Å². The van der Waals surface area contributed by atoms with Crippen LogP contribution in [-0.4, -0.2) is 19.9 Å². The molecule has 12 rings (SSSR count). The Bertz CT molecular complexity index is 3080. The number of halogens is 4. The van der Waals surface area contributed by atoms with E-state index in [0.29, 0.717) is 55.3 Å². The van der Waals surface area contributed by atoms with Crippen molar-refractivity contribution in [1.82, 2.24) is 19.9 Å². The van der Waals surface area contributed by atoms with Crippen molar-refractivity contribution in [3.63, 3.8) is 0 Å². The van der Waals surface area contributed by atoms with Crippen LogP contribution in [0.2, 0.25) is 0 Å². The Kier molecular flexibility index (Phi) is 7.79. The van der Waals surface area contributed by atoms with Gasteiger partial charge in [-0.3, -0.25) is 39.5 Å². The Balaban J connectivity index is 1.22. The minimum Gasteiger partial charge on any atom is -0.291 e. The number of hydrogen-bond acceptors (Lipinski definition) is 8. The zero-order chi connectivity index (χ0) is 41.6. The number of benzene rings is 6. The standard InChI is InChI=1S/C50H28F4N8/c51-33-17-29-9-13-37(21-41(29)55-25-33)59-45-5-1-2-6-46(45)60(38-14-10-30-18-34(52)26-56-42(30)22-38)49(59)50-61(39-15-11-31-19-35(53)27-57-43(31)23-39)47-7-3-4-8-48(47)62(50)40-16-12-32-20-36(54)28-58-44(32)24-40/h1-28H. The largest absolute Gasteiger partial charge is 0.291 e. The summed E-state index contributed by atoms with van der Waals surface area (Å²) < 4.78 is 57.9. The first kappa shape index (κ1) is 35.6. The first-order valence-corrected chi connectivity index (χ1v) is 19.7. The van der Waals surface area contributed by atoms with Crippen molar-refractivity contribution in [2.24, 2.45) is 0 Å². The first-order chi connectivity index (χ1) is 30.3. The van der Waals surface area contributed by atoms with Crippen LogP contribution in [0.4, 0.5) is 63.1 Å². The molecule has 4 aromatic heterocycles. The van der Waals surface area contributed by atoms with Crippen LogP contribution in [0.1, 0.15) is 0 Å². The fourth-order valence-corrected chi connectivity index (χ4v) is 8.67. The maximum atomic E-state index is 14.5. The van der Waals surface area contributed by atoms with E-state index in [1.807, 2.05) is 121 Å². The average molecular weight is 817 g/mol. The lowest BCUT2D eigenvalue weighted by molar-refractivity contribution is 0.624. The van der Waals surface area contributed by atoms with Gasteiger partial charge < -0.3 is 0 Å². The third-order valence-electron chi connectivity index (χ3n) is 11.3. The Labute approximate surface area is 350 Å². The molecule has 0 unspecified atom stereocenters. The highest BCUT2D eigenvalue weighted by Crippen LogP contribution is 2.57. The van der Waals surface area contributed by atoms with Crippen LogP contribution >= 0.6 is 0 Å². The molecule has 0 fully saturated rings. The second kappa shape index (κ2) is 13.6. The summed E-state index contributed by atoms with van der Waals surface area (Å²) in [6.07, 6.45) is 4.82. The third-order valence-corrected chi connectivity index (χ3v) is 11.3. The second-order valence-electron chi connectivity index (χ2n) is 15.1. The molecular weight excluding hydrogens is 789 g/mol. The van der Waals surface area contributed by atoms with E-state index in [-0.39, 0.29) is 0 Å². The lowest BCUT2D eigenvalue weighted by Gasteiger charge is -2.34. The van der Waals surface area contributed by atoms with Gasteiger partial charge >= 0.3 is 0 Å². The van der Waals surface area contributed by atoms with E-state index in [1.165, 1.54) is 49.1 Å². The van der Waals surface area contributed by atoms with Crippen LogP contribution in [0, 0.1) is 23.3 Å². The van der Waals surface area contributed by atoms with Gasteiger partial charge in [0, 0.05) is 44.3 Å². The molecule has 8 nitrogen and oxygen atoms in total. The lowest BCUT2D eigenvalue weighted by atomic mass is 10.1. The Morgan fingerprint density at radius 2 is 0.532 bits per heavy atom. The summed E-state index contributed by atoms with van der Waals surface area (Å²) in [4.78, 5) is 26.5. The van der Waals surface area contributed by atoms with Crippen LogP contribution in [0.5, 0.6) is 0 Å². The number of aromatic nitrogens is 4. The molecule has 6 aromatic carbocycles. The van der Waals surface area contributed by atoms with Crippen LogP contribution in [-0.2, 0) is 0 Å². The van der Waals surface area contributed by atoms with Gasteiger partial charge in [0.25, 0.3) is 0 Å². The van der Waals surface area contributed by atoms with E-state index in [0.717, 1.165) is 45.5 Å². The molecule has 10 aromatic rings. The predicted molar refractivity (Wildman–Crippen MR) is 235 cm³/mol. The smallest absolute Gasteiger partial charge is 0.166 e. The van der Waals surface area contributed by atoms with E-state index in [9.17, 15) is 17.6 Å². The molecule has 0 spiro atoms. The van der Waals surface area contributed by atoms with Gasteiger partial charge in [0.05, 0.1) is 69.6 Å². The second-order valence-corrected chi connectivity index (χ2v) is 15.1. The summed E-state index contributed by atoms with van der Waals surface area (Å²) in [6, 6.07) is 44.7. The van der Waals surface area contributed by atoms with E-state index in [4.69, 9.17) is 0 Å². The summed E-state index contributed by atoms with van der Waals surface area (Å²) in [5.41, 5.74) is 8.59. The summed E-state index contributed by atoms with van der Waals surface area (Å²) in [6.45, 7) is 0. The molecule has 0 saturated heterocycles. The van der Waals surface area contributed by atoms with Crippen molar-refractivity contribution in [2.45, 2.75) is 0 Å². The number of pyridine rings is 4. The van der Waals surface area contributed by atoms with Gasteiger partial charge in [-0.2, -0.15) is 0 Å². The summed E-state index contributed by atoms with van der Waals surface area (Å²) in [5, 5.41) is 2.54. The van der Waals surface area contributed by atoms with Crippen molar-refractivity contribution in [3.05, 3.63) is 205 Å². The maximum absolute atomic E-state index is 14.5. The zero-order valence-electron chi connectivity index (χ0n) is 32.3. The van der Waals surface area contributed by atoms with Crippen molar-refractivity contribution in [1.29, 1.82) is 0 Å². The lowest BCUT2D eigenvalue weighted by Crippen LogP contribution is -2.33. The van der Waals surface area contributed by atoms with Crippen molar-refractivity contribution in [2.75, 3.05) is 19.6 Å². The normalized spacial score (nSPS) is 13.6. The fourth-order valence-electron chi connectivity index (χ4n) is 8.67. The van der Waals surface area contributed by atoms with Crippen LogP contribution in [0.25, 0.3) is 43.6 Å². The third kappa shape index (κ3) is 5.60. The highest BCUT2D eigenvalue weighted by molar-refractivity contribution is 6.03. The molecule has 6 heterocycles. The first-order valence-electron chi connectivity index (χ1n) is 19.7. The maximum Gasteiger partial charge on any atom is 0.166 e. The summed E-state index contributed by atoms with van der Waals surface area (Å²) in [5.74, 6) is -0.414. The molecule has 12 heteroatoms. The average Bonchev–Trinajstić information content (AvgIpc) is 3.81. The van der Waals surface area contributed by atoms with Gasteiger partial charge in [0.1, 0.15) is 23.3 Å². The molecule has 0 aliphatic carbocycles. The molecule has 0 bridgehead atoms. The highest BCUT2D eigenvalue weighted by atomic mass is 19.1. The Morgan fingerprint density at radius 1 is 0.290 bits per heavy atom. The topological polar surface area (TPSA) is 64.5 Å². The predicted octanol–water partition coefficient (Wildman–Crippen LogP) is 12.8. The van der Waals surface area contributed by atoms with Crippen LogP contribution in [0.3, 0.4) is 0 Å². The molecule has 0 amide bonds. The van der Waals surface area contributed by atoms with Gasteiger partial charge in [-0.15, -0.1) is 0 Å². The van der Waals surface area contributed by atoms with Gasteiger partial charge in [-0.25, -0.2) is 17.6 Å². The van der Waals surface area contributed by atoms with Gasteiger partial charge in [-0.1, -0.05) is 48.5 Å². The number of nitrogens with zero attached hydrogens (tertiary/aromatic N) is 8. The number of hydrogen-bond donors (Lipinski definition) is 0. The van der Waals surface area contributed by atoms with Crippen molar-refractivity contribution in [3.8, 4) is 0 Å².